The Hall–Kier alpha value is -2.31. The summed E-state index contributed by atoms with van der Waals surface area (Å²) in [6, 6.07) is 4.01. The number of fused-ring (bicyclic) bond motifs is 1. The van der Waals surface area contributed by atoms with Gasteiger partial charge in [-0.2, -0.15) is 13.2 Å². The minimum absolute atomic E-state index is 0.0889. The number of alkyl halides is 3. The van der Waals surface area contributed by atoms with Crippen molar-refractivity contribution in [1.82, 2.24) is 4.98 Å². The van der Waals surface area contributed by atoms with Crippen LogP contribution in [0.2, 0.25) is 0 Å². The van der Waals surface area contributed by atoms with Crippen molar-refractivity contribution in [2.75, 3.05) is 12.3 Å². The number of aromatic nitrogens is 1. The molecule has 122 valence electrons. The van der Waals surface area contributed by atoms with E-state index in [4.69, 9.17) is 10.5 Å². The van der Waals surface area contributed by atoms with Gasteiger partial charge < -0.3 is 10.5 Å². The van der Waals surface area contributed by atoms with E-state index in [-0.39, 0.29) is 34.8 Å². The van der Waals surface area contributed by atoms with Gasteiger partial charge in [0.15, 0.2) is 5.69 Å². The van der Waals surface area contributed by atoms with Gasteiger partial charge in [0.25, 0.3) is 0 Å². The van der Waals surface area contributed by atoms with Crippen molar-refractivity contribution in [3.63, 3.8) is 0 Å². The molecule has 1 aromatic carbocycles. The van der Waals surface area contributed by atoms with Crippen LogP contribution in [-0.4, -0.2) is 17.6 Å². The molecule has 0 amide bonds. The maximum Gasteiger partial charge on any atom is 0.418 e. The van der Waals surface area contributed by atoms with Crippen LogP contribution in [0.15, 0.2) is 18.2 Å². The molecule has 1 heterocycles. The number of pyridine rings is 1. The lowest BCUT2D eigenvalue weighted by atomic mass is 10.0. The number of hydrogen-bond donors (Lipinski definition) is 1. The molecule has 1 fully saturated rings. The van der Waals surface area contributed by atoms with E-state index in [9.17, 15) is 18.0 Å². The van der Waals surface area contributed by atoms with Crippen molar-refractivity contribution in [2.24, 2.45) is 0 Å². The number of carbonyl (C=O) groups is 1. The zero-order chi connectivity index (χ0) is 16.8. The fourth-order valence-corrected chi connectivity index (χ4v) is 2.55. The molecule has 1 aliphatic carbocycles. The van der Waals surface area contributed by atoms with E-state index in [0.717, 1.165) is 18.9 Å². The van der Waals surface area contributed by atoms with Gasteiger partial charge in [-0.15, -0.1) is 0 Å². The first kappa shape index (κ1) is 15.6. The number of hydrogen-bond acceptors (Lipinski definition) is 4. The van der Waals surface area contributed by atoms with E-state index in [1.165, 1.54) is 6.07 Å². The maximum absolute atomic E-state index is 13.4. The van der Waals surface area contributed by atoms with Crippen LogP contribution in [0.5, 0.6) is 0 Å². The summed E-state index contributed by atoms with van der Waals surface area (Å²) in [7, 11) is 0. The van der Waals surface area contributed by atoms with Crippen molar-refractivity contribution in [2.45, 2.75) is 31.9 Å². The van der Waals surface area contributed by atoms with E-state index in [1.54, 1.807) is 13.0 Å². The third kappa shape index (κ3) is 2.95. The second-order valence-electron chi connectivity index (χ2n) is 5.55. The maximum atomic E-state index is 13.4. The molecule has 0 bridgehead atoms. The van der Waals surface area contributed by atoms with Gasteiger partial charge in [-0.05, 0) is 49.4 Å². The lowest BCUT2D eigenvalue weighted by molar-refractivity contribution is -0.136. The molecule has 7 heteroatoms. The van der Waals surface area contributed by atoms with Gasteiger partial charge in [0.2, 0.25) is 0 Å². The van der Waals surface area contributed by atoms with Gasteiger partial charge in [0.1, 0.15) is 0 Å². The molecule has 3 rings (SSSR count). The number of nitrogens with two attached hydrogens (primary N) is 1. The third-order valence-electron chi connectivity index (χ3n) is 3.81. The van der Waals surface area contributed by atoms with Gasteiger partial charge in [0, 0.05) is 11.1 Å². The summed E-state index contributed by atoms with van der Waals surface area (Å²) in [4.78, 5) is 15.6. The fourth-order valence-electron chi connectivity index (χ4n) is 2.55. The van der Waals surface area contributed by atoms with Crippen LogP contribution in [-0.2, 0) is 10.9 Å². The van der Waals surface area contributed by atoms with Crippen molar-refractivity contribution in [1.29, 1.82) is 0 Å². The number of carbonyl (C=O) groups excluding carboxylic acids is 1. The first-order valence-corrected chi connectivity index (χ1v) is 7.29. The zero-order valence-corrected chi connectivity index (χ0v) is 12.4. The highest BCUT2D eigenvalue weighted by Crippen LogP contribution is 2.45. The normalized spacial score (nSPS) is 15.0. The topological polar surface area (TPSA) is 65.2 Å². The molecule has 0 aliphatic heterocycles. The number of nitrogen functional groups attached to an aromatic ring is 1. The van der Waals surface area contributed by atoms with Gasteiger partial charge in [0.05, 0.1) is 17.7 Å². The Morgan fingerprint density at radius 2 is 2.04 bits per heavy atom. The van der Waals surface area contributed by atoms with E-state index in [2.05, 4.69) is 4.98 Å². The highest BCUT2D eigenvalue weighted by atomic mass is 19.4. The quantitative estimate of drug-likeness (QED) is 0.870. The van der Waals surface area contributed by atoms with E-state index in [1.807, 2.05) is 0 Å². The monoisotopic (exact) mass is 324 g/mol. The SMILES string of the molecule is CCOC(=O)c1cc(N)c2cc(C3CC3)cc(C(F)(F)F)c2n1. The van der Waals surface area contributed by atoms with Crippen LogP contribution in [0.4, 0.5) is 18.9 Å². The van der Waals surface area contributed by atoms with Crippen LogP contribution in [0.3, 0.4) is 0 Å². The number of anilines is 1. The first-order valence-electron chi connectivity index (χ1n) is 7.29. The highest BCUT2D eigenvalue weighted by molar-refractivity contribution is 5.98. The molecule has 23 heavy (non-hydrogen) atoms. The van der Waals surface area contributed by atoms with Gasteiger partial charge in [-0.3, -0.25) is 0 Å². The molecule has 0 unspecified atom stereocenters. The predicted molar refractivity (Wildman–Crippen MR) is 79.1 cm³/mol. The molecule has 1 saturated carbocycles. The lowest BCUT2D eigenvalue weighted by Gasteiger charge is -2.14. The molecule has 4 nitrogen and oxygen atoms in total. The molecule has 0 spiro atoms. The second kappa shape index (κ2) is 5.40. The minimum atomic E-state index is -4.57. The minimum Gasteiger partial charge on any atom is -0.461 e. The van der Waals surface area contributed by atoms with Gasteiger partial charge in [-0.1, -0.05) is 0 Å². The third-order valence-corrected chi connectivity index (χ3v) is 3.81. The molecular formula is C16H15F3N2O2. The molecule has 0 saturated heterocycles. The Bertz CT molecular complexity index is 783. The van der Waals surface area contributed by atoms with E-state index in [0.29, 0.717) is 5.56 Å². The number of halogens is 3. The van der Waals surface area contributed by atoms with E-state index < -0.39 is 17.7 Å². The molecule has 2 N–H and O–H groups in total. The smallest absolute Gasteiger partial charge is 0.418 e. The van der Waals surface area contributed by atoms with Crippen LogP contribution in [0, 0.1) is 0 Å². The Balaban J connectivity index is 2.25. The average Bonchev–Trinajstić information content (AvgIpc) is 3.30. The molecule has 1 aliphatic rings. The molecule has 2 aromatic rings. The fraction of sp³-hybridized carbons (Fsp3) is 0.375. The number of benzene rings is 1. The largest absolute Gasteiger partial charge is 0.461 e. The molecule has 0 atom stereocenters. The summed E-state index contributed by atoms with van der Waals surface area (Å²) < 4.78 is 45.0. The summed E-state index contributed by atoms with van der Waals surface area (Å²) >= 11 is 0. The van der Waals surface area contributed by atoms with Crippen LogP contribution >= 0.6 is 0 Å². The molecule has 0 radical (unpaired) electrons. The Kier molecular flexibility index (Phi) is 3.66. The average molecular weight is 324 g/mol. The Labute approximate surface area is 130 Å². The summed E-state index contributed by atoms with van der Waals surface area (Å²) in [5, 5.41) is 0.217. The number of nitrogens with zero attached hydrogens (tertiary/aromatic N) is 1. The van der Waals surface area contributed by atoms with Crippen LogP contribution in [0.1, 0.15) is 47.3 Å². The van der Waals surface area contributed by atoms with Crippen LogP contribution in [0.25, 0.3) is 10.9 Å². The predicted octanol–water partition coefficient (Wildman–Crippen LogP) is 3.89. The summed E-state index contributed by atoms with van der Waals surface area (Å²) in [6.45, 7) is 1.70. The van der Waals surface area contributed by atoms with Crippen LogP contribution < -0.4 is 5.73 Å². The van der Waals surface area contributed by atoms with Gasteiger partial charge >= 0.3 is 12.1 Å². The number of rotatable bonds is 3. The second-order valence-corrected chi connectivity index (χ2v) is 5.55. The van der Waals surface area contributed by atoms with Crippen molar-refractivity contribution in [3.8, 4) is 0 Å². The summed E-state index contributed by atoms with van der Waals surface area (Å²) in [5.74, 6) is -0.648. The zero-order valence-electron chi connectivity index (χ0n) is 12.4. The van der Waals surface area contributed by atoms with Crippen molar-refractivity contribution >= 4 is 22.6 Å². The van der Waals surface area contributed by atoms with Gasteiger partial charge in [-0.25, -0.2) is 9.78 Å². The Morgan fingerprint density at radius 3 is 2.61 bits per heavy atom. The molecule has 1 aromatic heterocycles. The lowest BCUT2D eigenvalue weighted by Crippen LogP contribution is -2.12. The summed E-state index contributed by atoms with van der Waals surface area (Å²) in [6.07, 6.45) is -2.83. The Morgan fingerprint density at radius 1 is 1.35 bits per heavy atom. The number of esters is 1. The standard InChI is InChI=1S/C16H15F3N2O2/c1-2-23-15(22)13-7-12(20)10-5-9(8-3-4-8)6-11(14(10)21-13)16(17,18)19/h5-8H,2-4H2,1H3,(H2,20,21). The van der Waals surface area contributed by atoms with Crippen molar-refractivity contribution in [3.05, 3.63) is 35.0 Å². The molecular weight excluding hydrogens is 309 g/mol. The number of ether oxygens (including phenoxy) is 1. The highest BCUT2D eigenvalue weighted by Gasteiger charge is 2.36. The first-order chi connectivity index (χ1) is 10.8. The summed E-state index contributed by atoms with van der Waals surface area (Å²) in [5.41, 5.74) is 5.18. The van der Waals surface area contributed by atoms with Crippen molar-refractivity contribution < 1.29 is 22.7 Å². The van der Waals surface area contributed by atoms with E-state index >= 15 is 0 Å².